The lowest BCUT2D eigenvalue weighted by Gasteiger charge is -2.18. The zero-order valence-electron chi connectivity index (χ0n) is 11.3. The van der Waals surface area contributed by atoms with E-state index in [0.717, 1.165) is 28.8 Å². The minimum absolute atomic E-state index is 0.0835. The first-order chi connectivity index (χ1) is 8.40. The molecule has 0 aliphatic rings. The highest BCUT2D eigenvalue weighted by atomic mass is 16.5. The summed E-state index contributed by atoms with van der Waals surface area (Å²) in [6.45, 7) is 6.38. The number of fused-ring (bicyclic) bond motifs is 1. The molecule has 1 aromatic carbocycles. The van der Waals surface area contributed by atoms with Crippen LogP contribution in [0.5, 0.6) is 11.5 Å². The molecule has 0 amide bonds. The number of aromatic hydroxyl groups is 1. The number of nitrogens with zero attached hydrogens (tertiary/aromatic N) is 1. The molecule has 0 fully saturated rings. The average molecular weight is 245 g/mol. The monoisotopic (exact) mass is 245 g/mol. The van der Waals surface area contributed by atoms with Gasteiger partial charge in [-0.2, -0.15) is 0 Å². The molecule has 3 heteroatoms. The van der Waals surface area contributed by atoms with Crippen LogP contribution in [0, 0.1) is 5.41 Å². The molecule has 1 heterocycles. The predicted octanol–water partition coefficient (Wildman–Crippen LogP) is 3.54. The molecule has 0 bridgehead atoms. The first-order valence-electron chi connectivity index (χ1n) is 6.06. The molecule has 1 N–H and O–H groups in total. The summed E-state index contributed by atoms with van der Waals surface area (Å²) in [6.07, 6.45) is 0.729. The summed E-state index contributed by atoms with van der Waals surface area (Å²) in [5.41, 5.74) is 1.61. The number of benzene rings is 1. The lowest BCUT2D eigenvalue weighted by Crippen LogP contribution is -2.10. The van der Waals surface area contributed by atoms with Crippen LogP contribution in [0.1, 0.15) is 26.5 Å². The number of ether oxygens (including phenoxy) is 1. The molecule has 0 aliphatic heterocycles. The Labute approximate surface area is 107 Å². The minimum Gasteiger partial charge on any atom is -0.506 e. The molecule has 1 aromatic heterocycles. The summed E-state index contributed by atoms with van der Waals surface area (Å²) in [6, 6.07) is 7.45. The van der Waals surface area contributed by atoms with Crippen molar-refractivity contribution < 1.29 is 9.84 Å². The third kappa shape index (κ3) is 2.55. The van der Waals surface area contributed by atoms with Crippen LogP contribution in [0.25, 0.3) is 10.9 Å². The first kappa shape index (κ1) is 12.7. The van der Waals surface area contributed by atoms with Crippen LogP contribution in [0.4, 0.5) is 0 Å². The van der Waals surface area contributed by atoms with Crippen LogP contribution in [-0.4, -0.2) is 17.2 Å². The fourth-order valence-corrected chi connectivity index (χ4v) is 2.00. The Balaban J connectivity index is 2.59. The molecule has 0 spiro atoms. The van der Waals surface area contributed by atoms with Gasteiger partial charge < -0.3 is 9.84 Å². The van der Waals surface area contributed by atoms with Crippen LogP contribution in [0.2, 0.25) is 0 Å². The summed E-state index contributed by atoms with van der Waals surface area (Å²) in [5.74, 6) is 0.994. The number of aromatic nitrogens is 1. The van der Waals surface area contributed by atoms with Crippen molar-refractivity contribution in [3.8, 4) is 11.5 Å². The van der Waals surface area contributed by atoms with Gasteiger partial charge >= 0.3 is 0 Å². The Kier molecular flexibility index (Phi) is 3.16. The minimum atomic E-state index is 0.0835. The van der Waals surface area contributed by atoms with Crippen molar-refractivity contribution in [1.29, 1.82) is 0 Å². The van der Waals surface area contributed by atoms with Gasteiger partial charge in [-0.1, -0.05) is 32.9 Å². The largest absolute Gasteiger partial charge is 0.506 e. The summed E-state index contributed by atoms with van der Waals surface area (Å²) >= 11 is 0. The highest BCUT2D eigenvalue weighted by molar-refractivity contribution is 5.85. The van der Waals surface area contributed by atoms with E-state index in [0.29, 0.717) is 0 Å². The zero-order valence-corrected chi connectivity index (χ0v) is 11.3. The highest BCUT2D eigenvalue weighted by Gasteiger charge is 2.17. The SMILES string of the molecule is COc1cccc2cc(O)c(CC(C)(C)C)nc12. The molecule has 18 heavy (non-hydrogen) atoms. The van der Waals surface area contributed by atoms with Crippen molar-refractivity contribution in [2.45, 2.75) is 27.2 Å². The summed E-state index contributed by atoms with van der Waals surface area (Å²) in [5, 5.41) is 10.9. The Hall–Kier alpha value is -1.77. The lowest BCUT2D eigenvalue weighted by molar-refractivity contribution is 0.388. The quantitative estimate of drug-likeness (QED) is 0.880. The maximum atomic E-state index is 10.0. The Morgan fingerprint density at radius 1 is 1.28 bits per heavy atom. The van der Waals surface area contributed by atoms with E-state index in [-0.39, 0.29) is 11.2 Å². The van der Waals surface area contributed by atoms with E-state index in [1.165, 1.54) is 0 Å². The Bertz CT molecular complexity index is 570. The first-order valence-corrected chi connectivity index (χ1v) is 6.06. The van der Waals surface area contributed by atoms with E-state index in [2.05, 4.69) is 25.8 Å². The molecule has 3 nitrogen and oxygen atoms in total. The van der Waals surface area contributed by atoms with Gasteiger partial charge in [0.25, 0.3) is 0 Å². The Morgan fingerprint density at radius 3 is 2.61 bits per heavy atom. The van der Waals surface area contributed by atoms with E-state index < -0.39 is 0 Å². The standard InChI is InChI=1S/C15H19NO2/c1-15(2,3)9-11-12(17)8-10-6-5-7-13(18-4)14(10)16-11/h5-8,17H,9H2,1-4H3. The molecule has 2 rings (SSSR count). The number of para-hydroxylation sites is 1. The second kappa shape index (κ2) is 4.48. The maximum Gasteiger partial charge on any atom is 0.145 e. The van der Waals surface area contributed by atoms with Crippen LogP contribution < -0.4 is 4.74 Å². The van der Waals surface area contributed by atoms with Gasteiger partial charge in [0.1, 0.15) is 17.0 Å². The van der Waals surface area contributed by atoms with Gasteiger partial charge in [-0.25, -0.2) is 4.98 Å². The van der Waals surface area contributed by atoms with Crippen molar-refractivity contribution in [3.05, 3.63) is 30.0 Å². The van der Waals surface area contributed by atoms with Gasteiger partial charge in [0.05, 0.1) is 12.8 Å². The smallest absolute Gasteiger partial charge is 0.145 e. The number of hydrogen-bond acceptors (Lipinski definition) is 3. The number of rotatable bonds is 2. The van der Waals surface area contributed by atoms with E-state index in [9.17, 15) is 5.11 Å². The molecule has 96 valence electrons. The third-order valence-corrected chi connectivity index (χ3v) is 2.78. The summed E-state index contributed by atoms with van der Waals surface area (Å²) in [4.78, 5) is 4.56. The van der Waals surface area contributed by atoms with Crippen LogP contribution in [0.15, 0.2) is 24.3 Å². The number of hydrogen-bond donors (Lipinski definition) is 1. The molecule has 0 aliphatic carbocycles. The molecular formula is C15H19NO2. The van der Waals surface area contributed by atoms with Crippen LogP contribution >= 0.6 is 0 Å². The molecule has 0 atom stereocenters. The van der Waals surface area contributed by atoms with Crippen molar-refractivity contribution in [2.24, 2.45) is 5.41 Å². The van der Waals surface area contributed by atoms with Crippen LogP contribution in [-0.2, 0) is 6.42 Å². The second-order valence-corrected chi connectivity index (χ2v) is 5.72. The van der Waals surface area contributed by atoms with Crippen molar-refractivity contribution in [1.82, 2.24) is 4.98 Å². The number of methoxy groups -OCH3 is 1. The average Bonchev–Trinajstić information content (AvgIpc) is 2.27. The molecule has 0 unspecified atom stereocenters. The van der Waals surface area contributed by atoms with Crippen molar-refractivity contribution >= 4 is 10.9 Å². The normalized spacial score (nSPS) is 11.8. The van der Waals surface area contributed by atoms with Crippen LogP contribution in [0.3, 0.4) is 0 Å². The predicted molar refractivity (Wildman–Crippen MR) is 73.1 cm³/mol. The Morgan fingerprint density at radius 2 is 2.00 bits per heavy atom. The highest BCUT2D eigenvalue weighted by Crippen LogP contribution is 2.31. The van der Waals surface area contributed by atoms with Crippen molar-refractivity contribution in [3.63, 3.8) is 0 Å². The summed E-state index contributed by atoms with van der Waals surface area (Å²) in [7, 11) is 1.63. The van der Waals surface area contributed by atoms with Gasteiger partial charge in [0.2, 0.25) is 0 Å². The van der Waals surface area contributed by atoms with E-state index in [4.69, 9.17) is 4.74 Å². The molecule has 0 saturated heterocycles. The van der Waals surface area contributed by atoms with E-state index >= 15 is 0 Å². The fourth-order valence-electron chi connectivity index (χ4n) is 2.00. The lowest BCUT2D eigenvalue weighted by atomic mass is 9.90. The second-order valence-electron chi connectivity index (χ2n) is 5.72. The zero-order chi connectivity index (χ0) is 13.3. The topological polar surface area (TPSA) is 42.4 Å². The van der Waals surface area contributed by atoms with Gasteiger partial charge in [-0.05, 0) is 24.0 Å². The number of pyridine rings is 1. The van der Waals surface area contributed by atoms with Gasteiger partial charge in [-0.3, -0.25) is 0 Å². The third-order valence-electron chi connectivity index (χ3n) is 2.78. The maximum absolute atomic E-state index is 10.0. The molecular weight excluding hydrogens is 226 g/mol. The molecule has 0 saturated carbocycles. The fraction of sp³-hybridized carbons (Fsp3) is 0.400. The van der Waals surface area contributed by atoms with E-state index in [1.807, 2.05) is 18.2 Å². The molecule has 0 radical (unpaired) electrons. The molecule has 2 aromatic rings. The summed E-state index contributed by atoms with van der Waals surface area (Å²) < 4.78 is 5.31. The van der Waals surface area contributed by atoms with Gasteiger partial charge in [0.15, 0.2) is 0 Å². The van der Waals surface area contributed by atoms with E-state index in [1.54, 1.807) is 13.2 Å². The van der Waals surface area contributed by atoms with Crippen molar-refractivity contribution in [2.75, 3.05) is 7.11 Å². The van der Waals surface area contributed by atoms with Gasteiger partial charge in [-0.15, -0.1) is 0 Å². The van der Waals surface area contributed by atoms with Gasteiger partial charge in [0, 0.05) is 5.39 Å².